The number of hydrogen-bond donors (Lipinski definition) is 1. The van der Waals surface area contributed by atoms with Crippen LogP contribution < -0.4 is 19.5 Å². The van der Waals surface area contributed by atoms with E-state index in [1.807, 2.05) is 36.6 Å². The summed E-state index contributed by atoms with van der Waals surface area (Å²) in [5.74, 6) is 0.525. The van der Waals surface area contributed by atoms with Gasteiger partial charge in [-0.15, -0.1) is 11.3 Å². The van der Waals surface area contributed by atoms with Crippen molar-refractivity contribution < 1.29 is 28.5 Å². The van der Waals surface area contributed by atoms with E-state index >= 15 is 0 Å². The number of thiazole rings is 1. The lowest BCUT2D eigenvalue weighted by Gasteiger charge is -2.14. The summed E-state index contributed by atoms with van der Waals surface area (Å²) in [7, 11) is 4.19. The number of esters is 1. The van der Waals surface area contributed by atoms with E-state index in [-0.39, 0.29) is 23.6 Å². The molecule has 1 aromatic heterocycles. The Kier molecular flexibility index (Phi) is 7.67. The van der Waals surface area contributed by atoms with Gasteiger partial charge in [0.15, 0.2) is 11.5 Å². The van der Waals surface area contributed by atoms with Crippen molar-refractivity contribution in [1.82, 2.24) is 4.98 Å². The molecule has 0 saturated heterocycles. The van der Waals surface area contributed by atoms with Crippen molar-refractivity contribution in [3.05, 3.63) is 53.0 Å². The van der Waals surface area contributed by atoms with Gasteiger partial charge in [0, 0.05) is 17.5 Å². The van der Waals surface area contributed by atoms with E-state index < -0.39 is 5.97 Å². The minimum atomic E-state index is -0.607. The van der Waals surface area contributed by atoms with Gasteiger partial charge in [-0.05, 0) is 19.1 Å². The first kappa shape index (κ1) is 23.1. The minimum absolute atomic E-state index is 0.0300. The summed E-state index contributed by atoms with van der Waals surface area (Å²) in [4.78, 5) is 29.5. The highest BCUT2D eigenvalue weighted by atomic mass is 32.1. The van der Waals surface area contributed by atoms with Crippen LogP contribution in [0, 0.1) is 0 Å². The maximum Gasteiger partial charge on any atom is 0.340 e. The van der Waals surface area contributed by atoms with Gasteiger partial charge in [-0.2, -0.15) is 0 Å². The van der Waals surface area contributed by atoms with Gasteiger partial charge in [0.2, 0.25) is 5.91 Å². The zero-order valence-electron chi connectivity index (χ0n) is 18.3. The van der Waals surface area contributed by atoms with Crippen LogP contribution in [0.2, 0.25) is 0 Å². The van der Waals surface area contributed by atoms with Crippen LogP contribution in [0.1, 0.15) is 23.0 Å². The number of rotatable bonds is 9. The van der Waals surface area contributed by atoms with Crippen LogP contribution in [-0.4, -0.2) is 44.8 Å². The molecule has 2 aromatic carbocycles. The average Bonchev–Trinajstić information content (AvgIpc) is 3.26. The van der Waals surface area contributed by atoms with E-state index in [1.54, 1.807) is 0 Å². The molecule has 9 heteroatoms. The van der Waals surface area contributed by atoms with Gasteiger partial charge in [-0.1, -0.05) is 12.1 Å². The van der Waals surface area contributed by atoms with Crippen molar-refractivity contribution >= 4 is 28.9 Å². The first-order chi connectivity index (χ1) is 15.5. The van der Waals surface area contributed by atoms with E-state index in [2.05, 4.69) is 10.3 Å². The van der Waals surface area contributed by atoms with Gasteiger partial charge in [0.05, 0.1) is 56.9 Å². The van der Waals surface area contributed by atoms with Gasteiger partial charge in [-0.3, -0.25) is 4.79 Å². The van der Waals surface area contributed by atoms with Crippen LogP contribution in [0.25, 0.3) is 10.6 Å². The summed E-state index contributed by atoms with van der Waals surface area (Å²) in [6.45, 7) is 2.47. The molecule has 3 aromatic rings. The van der Waals surface area contributed by atoms with Crippen LogP contribution >= 0.6 is 11.3 Å². The molecule has 32 heavy (non-hydrogen) atoms. The summed E-state index contributed by atoms with van der Waals surface area (Å²) < 4.78 is 21.0. The molecule has 8 nitrogen and oxygen atoms in total. The number of methoxy groups -OCH3 is 3. The van der Waals surface area contributed by atoms with E-state index in [0.29, 0.717) is 23.8 Å². The number of nitrogens with zero attached hydrogens (tertiary/aromatic N) is 1. The van der Waals surface area contributed by atoms with Crippen molar-refractivity contribution in [2.24, 2.45) is 0 Å². The molecule has 0 saturated carbocycles. The summed E-state index contributed by atoms with van der Waals surface area (Å²) >= 11 is 1.43. The minimum Gasteiger partial charge on any atom is -0.493 e. The van der Waals surface area contributed by atoms with Gasteiger partial charge < -0.3 is 24.3 Å². The normalized spacial score (nSPS) is 10.4. The number of hydrogen-bond acceptors (Lipinski definition) is 8. The number of ether oxygens (including phenoxy) is 4. The molecule has 0 aliphatic carbocycles. The lowest BCUT2D eigenvalue weighted by molar-refractivity contribution is -0.115. The van der Waals surface area contributed by atoms with Crippen molar-refractivity contribution in [3.8, 4) is 27.8 Å². The Morgan fingerprint density at radius 3 is 2.44 bits per heavy atom. The molecule has 0 bridgehead atoms. The standard InChI is InChI=1S/C23H24N2O6S/c1-5-31-18-9-7-6-8-15(18)22-24-14(13-32-22)10-21(26)25-17-12-20(29-3)19(28-2)11-16(17)23(27)30-4/h6-9,11-13H,5,10H2,1-4H3,(H,25,26). The lowest BCUT2D eigenvalue weighted by Crippen LogP contribution is -2.17. The maximum atomic E-state index is 12.7. The average molecular weight is 457 g/mol. The van der Waals surface area contributed by atoms with Crippen molar-refractivity contribution in [2.75, 3.05) is 33.3 Å². The van der Waals surface area contributed by atoms with E-state index in [1.165, 1.54) is 44.8 Å². The second-order valence-electron chi connectivity index (χ2n) is 6.54. The number of anilines is 1. The third-order valence-electron chi connectivity index (χ3n) is 4.51. The second kappa shape index (κ2) is 10.6. The third kappa shape index (κ3) is 5.17. The fourth-order valence-corrected chi connectivity index (χ4v) is 3.91. The Morgan fingerprint density at radius 1 is 1.03 bits per heavy atom. The van der Waals surface area contributed by atoms with E-state index in [4.69, 9.17) is 18.9 Å². The molecular formula is C23H24N2O6S. The summed E-state index contributed by atoms with van der Waals surface area (Å²) in [6, 6.07) is 10.6. The molecule has 0 radical (unpaired) electrons. The molecule has 168 valence electrons. The predicted molar refractivity (Wildman–Crippen MR) is 122 cm³/mol. The first-order valence-electron chi connectivity index (χ1n) is 9.81. The SMILES string of the molecule is CCOc1ccccc1-c1nc(CC(=O)Nc2cc(OC)c(OC)cc2C(=O)OC)cs1. The van der Waals surface area contributed by atoms with Crippen LogP contribution in [0.4, 0.5) is 5.69 Å². The molecule has 0 aliphatic heterocycles. The van der Waals surface area contributed by atoms with Gasteiger partial charge in [0.25, 0.3) is 0 Å². The number of benzene rings is 2. The molecule has 1 amide bonds. The topological polar surface area (TPSA) is 96.0 Å². The van der Waals surface area contributed by atoms with E-state index in [9.17, 15) is 9.59 Å². The molecule has 1 heterocycles. The quantitative estimate of drug-likeness (QED) is 0.482. The highest BCUT2D eigenvalue weighted by Gasteiger charge is 2.20. The number of carbonyl (C=O) groups excluding carboxylic acids is 2. The van der Waals surface area contributed by atoms with E-state index in [0.717, 1.165) is 16.3 Å². The van der Waals surface area contributed by atoms with Gasteiger partial charge >= 0.3 is 5.97 Å². The monoisotopic (exact) mass is 456 g/mol. The number of para-hydroxylation sites is 1. The number of carbonyl (C=O) groups is 2. The third-order valence-corrected chi connectivity index (χ3v) is 5.44. The Labute approximate surface area is 190 Å². The molecule has 1 N–H and O–H groups in total. The highest BCUT2D eigenvalue weighted by molar-refractivity contribution is 7.13. The second-order valence-corrected chi connectivity index (χ2v) is 7.40. The zero-order valence-corrected chi connectivity index (χ0v) is 19.1. The van der Waals surface area contributed by atoms with Crippen LogP contribution in [0.5, 0.6) is 17.2 Å². The molecule has 0 unspecified atom stereocenters. The summed E-state index contributed by atoms with van der Waals surface area (Å²) in [6.07, 6.45) is 0.0300. The number of aromatic nitrogens is 1. The van der Waals surface area contributed by atoms with Crippen molar-refractivity contribution in [2.45, 2.75) is 13.3 Å². The summed E-state index contributed by atoms with van der Waals surface area (Å²) in [5.41, 5.74) is 1.90. The molecule has 0 fully saturated rings. The molecule has 0 spiro atoms. The Morgan fingerprint density at radius 2 is 1.75 bits per heavy atom. The Hall–Kier alpha value is -3.59. The molecular weight excluding hydrogens is 432 g/mol. The van der Waals surface area contributed by atoms with Gasteiger partial charge in [-0.25, -0.2) is 9.78 Å². The Bertz CT molecular complexity index is 1110. The number of nitrogens with one attached hydrogen (secondary N) is 1. The fraction of sp³-hybridized carbons (Fsp3) is 0.261. The zero-order chi connectivity index (χ0) is 23.1. The van der Waals surface area contributed by atoms with Crippen molar-refractivity contribution in [1.29, 1.82) is 0 Å². The van der Waals surface area contributed by atoms with Crippen LogP contribution in [-0.2, 0) is 16.0 Å². The highest BCUT2D eigenvalue weighted by Crippen LogP contribution is 2.34. The largest absolute Gasteiger partial charge is 0.493 e. The first-order valence-corrected chi connectivity index (χ1v) is 10.7. The predicted octanol–water partition coefficient (Wildman–Crippen LogP) is 4.19. The fourth-order valence-electron chi connectivity index (χ4n) is 3.06. The molecule has 3 rings (SSSR count). The maximum absolute atomic E-state index is 12.7. The molecule has 0 aliphatic rings. The van der Waals surface area contributed by atoms with Crippen molar-refractivity contribution in [3.63, 3.8) is 0 Å². The van der Waals surface area contributed by atoms with Crippen LogP contribution in [0.3, 0.4) is 0 Å². The lowest BCUT2D eigenvalue weighted by atomic mass is 10.1. The van der Waals surface area contributed by atoms with Gasteiger partial charge in [0.1, 0.15) is 10.8 Å². The molecule has 0 atom stereocenters. The smallest absolute Gasteiger partial charge is 0.340 e. The van der Waals surface area contributed by atoms with Crippen LogP contribution in [0.15, 0.2) is 41.8 Å². The summed E-state index contributed by atoms with van der Waals surface area (Å²) in [5, 5.41) is 5.33. The number of amides is 1. The Balaban J connectivity index is 1.80.